The average molecular weight is 508 g/mol. The predicted molar refractivity (Wildman–Crippen MR) is 128 cm³/mol. The van der Waals surface area contributed by atoms with Crippen molar-refractivity contribution < 1.29 is 13.2 Å². The molecule has 0 saturated carbocycles. The second-order valence-electron chi connectivity index (χ2n) is 8.13. The lowest BCUT2D eigenvalue weighted by Gasteiger charge is -2.26. The molecule has 31 heavy (non-hydrogen) atoms. The maximum Gasteiger partial charge on any atom is 0.241 e. The molecule has 0 spiro atoms. The van der Waals surface area contributed by atoms with Crippen molar-refractivity contribution in [3.05, 3.63) is 63.6 Å². The molecule has 0 unspecified atom stereocenters. The number of nitrogens with zero attached hydrogens (tertiary/aromatic N) is 2. The Morgan fingerprint density at radius 3 is 2.32 bits per heavy atom. The van der Waals surface area contributed by atoms with Crippen LogP contribution in [0.15, 0.2) is 46.9 Å². The van der Waals surface area contributed by atoms with Crippen molar-refractivity contribution in [1.29, 1.82) is 0 Å². The zero-order valence-electron chi connectivity index (χ0n) is 18.1. The Labute approximate surface area is 193 Å². The highest BCUT2D eigenvalue weighted by atomic mass is 79.9. The molecule has 8 heteroatoms. The summed E-state index contributed by atoms with van der Waals surface area (Å²) in [6.45, 7) is 5.26. The molecule has 1 N–H and O–H groups in total. The molecule has 0 atom stereocenters. The van der Waals surface area contributed by atoms with Crippen molar-refractivity contribution in [2.75, 3.05) is 30.2 Å². The maximum absolute atomic E-state index is 12.5. The lowest BCUT2D eigenvalue weighted by atomic mass is 10.1. The zero-order chi connectivity index (χ0) is 22.4. The van der Waals surface area contributed by atoms with Crippen molar-refractivity contribution in [3.8, 4) is 0 Å². The van der Waals surface area contributed by atoms with E-state index in [2.05, 4.69) is 38.3 Å². The summed E-state index contributed by atoms with van der Waals surface area (Å²) in [5.74, 6) is -0.344. The van der Waals surface area contributed by atoms with Crippen molar-refractivity contribution in [2.24, 2.45) is 0 Å². The summed E-state index contributed by atoms with van der Waals surface area (Å²) >= 11 is 3.41. The third-order valence-electron chi connectivity index (χ3n) is 5.48. The first kappa shape index (κ1) is 23.8. The van der Waals surface area contributed by atoms with Gasteiger partial charge in [0.1, 0.15) is 6.54 Å². The smallest absolute Gasteiger partial charge is 0.241 e. The number of hydrogen-bond donors (Lipinski definition) is 1. The van der Waals surface area contributed by atoms with Crippen molar-refractivity contribution in [1.82, 2.24) is 10.2 Å². The summed E-state index contributed by atoms with van der Waals surface area (Å²) in [4.78, 5) is 15.0. The second-order valence-corrected chi connectivity index (χ2v) is 10.9. The predicted octanol–water partition coefficient (Wildman–Crippen LogP) is 3.83. The van der Waals surface area contributed by atoms with E-state index in [1.54, 1.807) is 18.2 Å². The quantitative estimate of drug-likeness (QED) is 0.589. The molecule has 0 aromatic heterocycles. The minimum Gasteiger partial charge on any atom is -0.350 e. The first-order valence-corrected chi connectivity index (χ1v) is 13.2. The molecular weight excluding hydrogens is 478 g/mol. The Hall–Kier alpha value is -1.90. The fourth-order valence-electron chi connectivity index (χ4n) is 3.71. The molecule has 0 aliphatic carbocycles. The van der Waals surface area contributed by atoms with Gasteiger partial charge < -0.3 is 5.32 Å². The molecular formula is C23H30BrN3O3S. The molecule has 2 aromatic carbocycles. The summed E-state index contributed by atoms with van der Waals surface area (Å²) < 4.78 is 26.6. The highest BCUT2D eigenvalue weighted by Gasteiger charge is 2.21. The van der Waals surface area contributed by atoms with Crippen LogP contribution in [0.2, 0.25) is 0 Å². The highest BCUT2D eigenvalue weighted by molar-refractivity contribution is 9.10. The molecule has 1 fully saturated rings. The molecule has 1 amide bonds. The van der Waals surface area contributed by atoms with Crippen molar-refractivity contribution in [2.45, 2.75) is 39.3 Å². The number of anilines is 1. The average Bonchev–Trinajstić information content (AvgIpc) is 2.73. The molecule has 6 nitrogen and oxygen atoms in total. The summed E-state index contributed by atoms with van der Waals surface area (Å²) in [5, 5.41) is 2.83. The second kappa shape index (κ2) is 10.6. The monoisotopic (exact) mass is 507 g/mol. The number of sulfonamides is 1. The van der Waals surface area contributed by atoms with Crippen LogP contribution in [0.4, 0.5) is 5.69 Å². The number of rotatable bonds is 8. The lowest BCUT2D eigenvalue weighted by molar-refractivity contribution is -0.119. The number of carbonyl (C=O) groups excluding carboxylic acids is 1. The van der Waals surface area contributed by atoms with Crippen LogP contribution >= 0.6 is 15.9 Å². The van der Waals surface area contributed by atoms with E-state index in [4.69, 9.17) is 0 Å². The van der Waals surface area contributed by atoms with Crippen LogP contribution < -0.4 is 9.62 Å². The van der Waals surface area contributed by atoms with Gasteiger partial charge in [-0.05, 0) is 67.7 Å². The number of likely N-dealkylation sites (tertiary alicyclic amines) is 1. The van der Waals surface area contributed by atoms with Crippen LogP contribution in [0.25, 0.3) is 0 Å². The number of carbonyl (C=O) groups is 1. The molecule has 3 rings (SSSR count). The van der Waals surface area contributed by atoms with E-state index < -0.39 is 10.0 Å². The number of amides is 1. The van der Waals surface area contributed by atoms with Crippen LogP contribution in [-0.2, 0) is 27.9 Å². The fourth-order valence-corrected chi connectivity index (χ4v) is 4.80. The SMILES string of the molecule is Cc1cc(N(CC(=O)NCc2ccc(CN3CCCCC3)cc2)S(C)(=O)=O)ccc1Br. The van der Waals surface area contributed by atoms with Gasteiger partial charge >= 0.3 is 0 Å². The molecule has 1 aliphatic heterocycles. The van der Waals surface area contributed by atoms with E-state index in [0.717, 1.165) is 45.8 Å². The van der Waals surface area contributed by atoms with E-state index in [9.17, 15) is 13.2 Å². The number of halogens is 1. The van der Waals surface area contributed by atoms with Crippen LogP contribution in [0.5, 0.6) is 0 Å². The highest BCUT2D eigenvalue weighted by Crippen LogP contribution is 2.24. The van der Waals surface area contributed by atoms with Gasteiger partial charge in [0.25, 0.3) is 0 Å². The van der Waals surface area contributed by atoms with Crippen molar-refractivity contribution in [3.63, 3.8) is 0 Å². The van der Waals surface area contributed by atoms with Gasteiger partial charge in [0.2, 0.25) is 15.9 Å². The lowest BCUT2D eigenvalue weighted by Crippen LogP contribution is -2.40. The molecule has 0 radical (unpaired) electrons. The minimum absolute atomic E-state index is 0.257. The molecule has 0 bridgehead atoms. The number of nitrogens with one attached hydrogen (secondary N) is 1. The number of hydrogen-bond acceptors (Lipinski definition) is 4. The minimum atomic E-state index is -3.59. The van der Waals surface area contributed by atoms with E-state index in [1.165, 1.54) is 24.8 Å². The van der Waals surface area contributed by atoms with Gasteiger partial charge in [-0.3, -0.25) is 14.0 Å². The summed E-state index contributed by atoms with van der Waals surface area (Å²) in [5.41, 5.74) is 3.63. The van der Waals surface area contributed by atoms with Gasteiger partial charge in [0.15, 0.2) is 0 Å². The maximum atomic E-state index is 12.5. The van der Waals surface area contributed by atoms with E-state index in [1.807, 2.05) is 19.1 Å². The Balaban J connectivity index is 1.56. The summed E-state index contributed by atoms with van der Waals surface area (Å²) in [6, 6.07) is 13.5. The first-order valence-electron chi connectivity index (χ1n) is 10.5. The Morgan fingerprint density at radius 1 is 1.06 bits per heavy atom. The number of piperidine rings is 1. The van der Waals surface area contributed by atoms with Gasteiger partial charge in [-0.25, -0.2) is 8.42 Å². The topological polar surface area (TPSA) is 69.7 Å². The third-order valence-corrected chi connectivity index (χ3v) is 7.51. The standard InChI is InChI=1S/C23H30BrN3O3S/c1-18-14-21(10-11-22(18)24)27(31(2,29)30)17-23(28)25-15-19-6-8-20(9-7-19)16-26-12-4-3-5-13-26/h6-11,14H,3-5,12-13,15-17H2,1-2H3,(H,25,28). The normalized spacial score (nSPS) is 14.9. The number of benzene rings is 2. The van der Waals surface area contributed by atoms with E-state index in [-0.39, 0.29) is 12.5 Å². The van der Waals surface area contributed by atoms with E-state index >= 15 is 0 Å². The summed E-state index contributed by atoms with van der Waals surface area (Å²) in [7, 11) is -3.59. The van der Waals surface area contributed by atoms with Gasteiger partial charge in [0, 0.05) is 17.6 Å². The Kier molecular flexibility index (Phi) is 8.13. The van der Waals surface area contributed by atoms with Crippen molar-refractivity contribution >= 4 is 37.5 Å². The molecule has 2 aromatic rings. The number of aryl methyl sites for hydroxylation is 1. The molecule has 1 aliphatic rings. The van der Waals surface area contributed by atoms with Crippen LogP contribution in [-0.4, -0.2) is 45.1 Å². The van der Waals surface area contributed by atoms with E-state index in [0.29, 0.717) is 12.2 Å². The van der Waals surface area contributed by atoms with Gasteiger partial charge in [-0.15, -0.1) is 0 Å². The Bertz CT molecular complexity index is 1000. The van der Waals surface area contributed by atoms with Gasteiger partial charge in [0.05, 0.1) is 11.9 Å². The molecule has 168 valence electrons. The van der Waals surface area contributed by atoms with Crippen LogP contribution in [0, 0.1) is 6.92 Å². The van der Waals surface area contributed by atoms with Gasteiger partial charge in [-0.1, -0.05) is 46.6 Å². The van der Waals surface area contributed by atoms with Gasteiger partial charge in [-0.2, -0.15) is 0 Å². The Morgan fingerprint density at radius 2 is 1.71 bits per heavy atom. The largest absolute Gasteiger partial charge is 0.350 e. The third kappa shape index (κ3) is 7.05. The van der Waals surface area contributed by atoms with Crippen LogP contribution in [0.1, 0.15) is 36.0 Å². The molecule has 1 saturated heterocycles. The first-order chi connectivity index (χ1) is 14.7. The molecule has 1 heterocycles. The summed E-state index contributed by atoms with van der Waals surface area (Å²) in [6.07, 6.45) is 4.98. The fraction of sp³-hybridized carbons (Fsp3) is 0.435. The zero-order valence-corrected chi connectivity index (χ0v) is 20.5. The van der Waals surface area contributed by atoms with Crippen LogP contribution in [0.3, 0.4) is 0 Å².